The summed E-state index contributed by atoms with van der Waals surface area (Å²) in [5.41, 5.74) is 15.9. The van der Waals surface area contributed by atoms with Crippen molar-refractivity contribution in [1.29, 1.82) is 0 Å². The van der Waals surface area contributed by atoms with Crippen LogP contribution in [-0.4, -0.2) is 46.2 Å². The number of carbonyl (C=O) groups excluding carboxylic acids is 1. The number of nitrogens with zero attached hydrogens (tertiary/aromatic N) is 3. The van der Waals surface area contributed by atoms with Crippen molar-refractivity contribution in [2.75, 3.05) is 29.0 Å². The molecule has 1 aliphatic rings. The molecular weight excluding hydrogens is 412 g/mol. The zero-order valence-corrected chi connectivity index (χ0v) is 18.5. The van der Waals surface area contributed by atoms with Gasteiger partial charge in [0, 0.05) is 37.4 Å². The Hall–Kier alpha value is -2.75. The summed E-state index contributed by atoms with van der Waals surface area (Å²) in [5, 5.41) is 13.6. The summed E-state index contributed by atoms with van der Waals surface area (Å²) in [6.45, 7) is 5.21. The van der Waals surface area contributed by atoms with Gasteiger partial charge in [-0.15, -0.1) is 11.3 Å². The van der Waals surface area contributed by atoms with E-state index < -0.39 is 6.10 Å². The van der Waals surface area contributed by atoms with Gasteiger partial charge >= 0.3 is 0 Å². The Morgan fingerprint density at radius 2 is 2.19 bits per heavy atom. The predicted octanol–water partition coefficient (Wildman–Crippen LogP) is 2.62. The van der Waals surface area contributed by atoms with Crippen molar-refractivity contribution >= 4 is 43.8 Å². The Morgan fingerprint density at radius 3 is 2.94 bits per heavy atom. The van der Waals surface area contributed by atoms with E-state index in [-0.39, 0.29) is 17.9 Å². The van der Waals surface area contributed by atoms with Crippen LogP contribution >= 0.6 is 11.3 Å². The van der Waals surface area contributed by atoms with E-state index in [1.54, 1.807) is 12.4 Å². The lowest BCUT2D eigenvalue weighted by Gasteiger charge is -2.40. The molecule has 0 saturated carbocycles. The van der Waals surface area contributed by atoms with Crippen molar-refractivity contribution in [3.05, 3.63) is 41.9 Å². The van der Waals surface area contributed by atoms with Gasteiger partial charge in [-0.3, -0.25) is 14.8 Å². The maximum atomic E-state index is 13.2. The van der Waals surface area contributed by atoms with Gasteiger partial charge in [0.05, 0.1) is 33.9 Å². The molecule has 1 aliphatic heterocycles. The molecule has 6 N–H and O–H groups in total. The topological polar surface area (TPSA) is 130 Å². The highest BCUT2D eigenvalue weighted by molar-refractivity contribution is 7.23. The Balaban J connectivity index is 1.62. The van der Waals surface area contributed by atoms with Crippen molar-refractivity contribution in [1.82, 2.24) is 9.97 Å². The van der Waals surface area contributed by atoms with Gasteiger partial charge in [-0.25, -0.2) is 0 Å². The number of pyridine rings is 2. The molecule has 3 aromatic rings. The number of rotatable bonds is 5. The third-order valence-electron chi connectivity index (χ3n) is 5.73. The van der Waals surface area contributed by atoms with Gasteiger partial charge in [0.25, 0.3) is 5.91 Å². The quantitative estimate of drug-likeness (QED) is 0.480. The summed E-state index contributed by atoms with van der Waals surface area (Å²) in [4.78, 5) is 24.0. The molecule has 1 fully saturated rings. The van der Waals surface area contributed by atoms with Crippen LogP contribution in [-0.2, 0) is 6.42 Å². The fourth-order valence-corrected chi connectivity index (χ4v) is 5.13. The van der Waals surface area contributed by atoms with Crippen LogP contribution in [0.15, 0.2) is 30.7 Å². The summed E-state index contributed by atoms with van der Waals surface area (Å²) >= 11 is 1.37. The number of aliphatic hydroxyl groups excluding tert-OH is 1. The minimum absolute atomic E-state index is 0.0124. The van der Waals surface area contributed by atoms with E-state index in [1.807, 2.05) is 19.2 Å². The van der Waals surface area contributed by atoms with Gasteiger partial charge in [0.15, 0.2) is 0 Å². The van der Waals surface area contributed by atoms with Crippen LogP contribution in [0.5, 0.6) is 0 Å². The fraction of sp³-hybridized carbons (Fsp3) is 0.409. The van der Waals surface area contributed by atoms with Gasteiger partial charge in [-0.05, 0) is 24.1 Å². The Morgan fingerprint density at radius 1 is 1.39 bits per heavy atom. The molecule has 3 atom stereocenters. The standard InChI is InChI=1S/C22H28N6O2S/c1-3-4-13-7-17-19(26-8-13)18(21(24)31-17)22(30)27-15-9-25-6-5-16(15)28-10-12(2)20(29)14(23)11-28/h5-9,12,14,20,29H,3-4,10-11,23-24H2,1-2H3,(H,27,30). The maximum absolute atomic E-state index is 13.2. The van der Waals surface area contributed by atoms with Crippen molar-refractivity contribution in [3.63, 3.8) is 0 Å². The van der Waals surface area contributed by atoms with Crippen molar-refractivity contribution in [3.8, 4) is 0 Å². The first-order valence-corrected chi connectivity index (χ1v) is 11.3. The highest BCUT2D eigenvalue weighted by atomic mass is 32.1. The van der Waals surface area contributed by atoms with Crippen LogP contribution < -0.4 is 21.7 Å². The molecule has 4 heterocycles. The fourth-order valence-electron chi connectivity index (χ4n) is 4.14. The minimum Gasteiger partial charge on any atom is -0.391 e. The molecule has 0 aromatic carbocycles. The van der Waals surface area contributed by atoms with Gasteiger partial charge < -0.3 is 26.8 Å². The number of aryl methyl sites for hydroxylation is 1. The van der Waals surface area contributed by atoms with Crippen LogP contribution in [0.1, 0.15) is 36.2 Å². The monoisotopic (exact) mass is 440 g/mol. The molecule has 1 saturated heterocycles. The number of nitrogens with two attached hydrogens (primary N) is 2. The second kappa shape index (κ2) is 8.78. The first-order chi connectivity index (χ1) is 14.9. The molecule has 0 spiro atoms. The van der Waals surface area contributed by atoms with E-state index in [1.165, 1.54) is 11.3 Å². The average Bonchev–Trinajstić information content (AvgIpc) is 3.07. The number of hydrogen-bond donors (Lipinski definition) is 4. The molecule has 3 unspecified atom stereocenters. The molecule has 0 aliphatic carbocycles. The minimum atomic E-state index is -0.545. The predicted molar refractivity (Wildman–Crippen MR) is 126 cm³/mol. The van der Waals surface area contributed by atoms with E-state index in [0.717, 1.165) is 28.8 Å². The molecular formula is C22H28N6O2S. The van der Waals surface area contributed by atoms with Crippen LogP contribution in [0.3, 0.4) is 0 Å². The van der Waals surface area contributed by atoms with E-state index in [9.17, 15) is 9.90 Å². The zero-order valence-electron chi connectivity index (χ0n) is 17.7. The summed E-state index contributed by atoms with van der Waals surface area (Å²) in [7, 11) is 0. The number of nitrogens with one attached hydrogen (secondary N) is 1. The van der Waals surface area contributed by atoms with Gasteiger partial charge in [-0.1, -0.05) is 20.3 Å². The van der Waals surface area contributed by atoms with Crippen LogP contribution in [0, 0.1) is 5.92 Å². The molecule has 164 valence electrons. The number of nitrogen functional groups attached to an aromatic ring is 1. The summed E-state index contributed by atoms with van der Waals surface area (Å²) < 4.78 is 0.907. The number of amides is 1. The number of thiophene rings is 1. The largest absolute Gasteiger partial charge is 0.391 e. The van der Waals surface area contributed by atoms with E-state index in [0.29, 0.717) is 34.9 Å². The molecule has 0 radical (unpaired) electrons. The lowest BCUT2D eigenvalue weighted by molar-refractivity contribution is 0.0785. The van der Waals surface area contributed by atoms with Crippen molar-refractivity contribution < 1.29 is 9.90 Å². The van der Waals surface area contributed by atoms with Gasteiger partial charge in [0.1, 0.15) is 10.6 Å². The van der Waals surface area contributed by atoms with Crippen molar-refractivity contribution in [2.24, 2.45) is 11.7 Å². The normalized spacial score (nSPS) is 21.4. The van der Waals surface area contributed by atoms with E-state index in [2.05, 4.69) is 33.2 Å². The Kier molecular flexibility index (Phi) is 6.08. The van der Waals surface area contributed by atoms with Crippen LogP contribution in [0.2, 0.25) is 0 Å². The molecule has 4 rings (SSSR count). The Labute approximate surface area is 185 Å². The van der Waals surface area contributed by atoms with E-state index >= 15 is 0 Å². The number of anilines is 3. The van der Waals surface area contributed by atoms with Crippen LogP contribution in [0.4, 0.5) is 16.4 Å². The van der Waals surface area contributed by atoms with Gasteiger partial charge in [-0.2, -0.15) is 0 Å². The number of fused-ring (bicyclic) bond motifs is 1. The zero-order chi connectivity index (χ0) is 22.1. The highest BCUT2D eigenvalue weighted by Crippen LogP contribution is 2.35. The smallest absolute Gasteiger partial charge is 0.260 e. The maximum Gasteiger partial charge on any atom is 0.260 e. The summed E-state index contributed by atoms with van der Waals surface area (Å²) in [6.07, 6.45) is 6.53. The first kappa shape index (κ1) is 21.5. The number of carbonyl (C=O) groups is 1. The third-order valence-corrected chi connectivity index (χ3v) is 6.68. The number of hydrogen-bond acceptors (Lipinski definition) is 8. The molecule has 31 heavy (non-hydrogen) atoms. The molecule has 3 aromatic heterocycles. The number of aromatic nitrogens is 2. The van der Waals surface area contributed by atoms with E-state index in [4.69, 9.17) is 11.5 Å². The second-order valence-corrected chi connectivity index (χ2v) is 9.25. The van der Waals surface area contributed by atoms with Crippen LogP contribution in [0.25, 0.3) is 10.2 Å². The number of piperidine rings is 1. The SMILES string of the molecule is CCCc1cnc2c(C(=O)Nc3cnccc3N3CC(C)C(O)C(N)C3)c(N)sc2c1. The van der Waals surface area contributed by atoms with Crippen molar-refractivity contribution in [2.45, 2.75) is 38.8 Å². The molecule has 8 nitrogen and oxygen atoms in total. The lowest BCUT2D eigenvalue weighted by atomic mass is 9.92. The average molecular weight is 441 g/mol. The summed E-state index contributed by atoms with van der Waals surface area (Å²) in [5.74, 6) is -0.304. The highest BCUT2D eigenvalue weighted by Gasteiger charge is 2.32. The summed E-state index contributed by atoms with van der Waals surface area (Å²) in [6, 6.07) is 3.54. The second-order valence-electron chi connectivity index (χ2n) is 8.17. The first-order valence-electron chi connectivity index (χ1n) is 10.5. The third kappa shape index (κ3) is 4.21. The molecule has 0 bridgehead atoms. The molecule has 1 amide bonds. The lowest BCUT2D eigenvalue weighted by Crippen LogP contribution is -2.55. The number of aliphatic hydroxyl groups is 1. The molecule has 9 heteroatoms. The Bertz CT molecular complexity index is 1090. The van der Waals surface area contributed by atoms with Gasteiger partial charge in [0.2, 0.25) is 0 Å².